The van der Waals surface area contributed by atoms with Crippen LogP contribution in [0, 0.1) is 18.2 Å². The number of benzene rings is 1. The Labute approximate surface area is 214 Å². The van der Waals surface area contributed by atoms with E-state index >= 15 is 0 Å². The van der Waals surface area contributed by atoms with E-state index in [9.17, 15) is 14.3 Å². The van der Waals surface area contributed by atoms with Crippen LogP contribution in [0.25, 0.3) is 11.0 Å². The molecule has 6 nitrogen and oxygen atoms in total. The molecular formula is C28H29ClFN3O3. The van der Waals surface area contributed by atoms with E-state index in [1.54, 1.807) is 43.7 Å². The first kappa shape index (κ1) is 25.8. The van der Waals surface area contributed by atoms with Crippen LogP contribution in [0.5, 0.6) is 5.88 Å². The fourth-order valence-electron chi connectivity index (χ4n) is 4.23. The average Bonchev–Trinajstić information content (AvgIpc) is 2.84. The van der Waals surface area contributed by atoms with Crippen molar-refractivity contribution in [3.05, 3.63) is 98.3 Å². The van der Waals surface area contributed by atoms with Gasteiger partial charge in [-0.1, -0.05) is 50.6 Å². The SMILES string of the molecule is Cc1cn([C@H](CO)C(C)(C)C)c2nc(OCc3cccnc3)c(Cc3cccc(Cl)c3F)cc2c1=O. The number of aliphatic hydroxyl groups is 1. The lowest BCUT2D eigenvalue weighted by Gasteiger charge is -2.32. The number of aryl methyl sites for hydroxylation is 1. The maximum absolute atomic E-state index is 14.8. The standard InChI is InChI=1S/C28H29ClFN3O3/c1-17-14-33(23(15-34)28(2,3)4)26-21(25(17)35)12-20(11-19-8-5-9-22(29)24(19)30)27(32-26)36-16-18-7-6-10-31-13-18/h5-10,12-14,23,34H,11,15-16H2,1-4H3/t23-/m1/s1. The molecule has 0 saturated heterocycles. The fourth-order valence-corrected chi connectivity index (χ4v) is 4.42. The van der Waals surface area contributed by atoms with Crippen LogP contribution in [0.2, 0.25) is 5.02 Å². The van der Waals surface area contributed by atoms with Crippen LogP contribution in [0.4, 0.5) is 4.39 Å². The summed E-state index contributed by atoms with van der Waals surface area (Å²) in [7, 11) is 0. The second kappa shape index (κ2) is 10.4. The first-order chi connectivity index (χ1) is 17.1. The lowest BCUT2D eigenvalue weighted by atomic mass is 9.86. The number of aromatic nitrogens is 3. The molecule has 0 bridgehead atoms. The van der Waals surface area contributed by atoms with E-state index in [0.29, 0.717) is 27.7 Å². The number of rotatable bonds is 7. The minimum Gasteiger partial charge on any atom is -0.472 e. The molecule has 4 aromatic rings. The van der Waals surface area contributed by atoms with Gasteiger partial charge in [0, 0.05) is 41.7 Å². The van der Waals surface area contributed by atoms with Crippen LogP contribution in [-0.4, -0.2) is 26.2 Å². The molecule has 3 aromatic heterocycles. The second-order valence-corrected chi connectivity index (χ2v) is 10.4. The molecule has 8 heteroatoms. The van der Waals surface area contributed by atoms with Gasteiger partial charge in [-0.2, -0.15) is 4.98 Å². The molecule has 1 N–H and O–H groups in total. The summed E-state index contributed by atoms with van der Waals surface area (Å²) in [6.07, 6.45) is 5.23. The van der Waals surface area contributed by atoms with Crippen molar-refractivity contribution < 1.29 is 14.2 Å². The van der Waals surface area contributed by atoms with Crippen LogP contribution in [0.1, 0.15) is 49.1 Å². The van der Waals surface area contributed by atoms with Gasteiger partial charge in [-0.05, 0) is 36.1 Å². The molecule has 0 aliphatic rings. The highest BCUT2D eigenvalue weighted by molar-refractivity contribution is 6.30. The average molecular weight is 510 g/mol. The fraction of sp³-hybridized carbons (Fsp3) is 0.321. The molecule has 1 atom stereocenters. The van der Waals surface area contributed by atoms with E-state index in [1.165, 1.54) is 6.07 Å². The van der Waals surface area contributed by atoms with E-state index in [-0.39, 0.29) is 47.4 Å². The molecule has 4 rings (SSSR count). The predicted octanol–water partition coefficient (Wildman–Crippen LogP) is 5.64. The van der Waals surface area contributed by atoms with Crippen molar-refractivity contribution in [1.29, 1.82) is 0 Å². The minimum atomic E-state index is -0.521. The summed E-state index contributed by atoms with van der Waals surface area (Å²) in [5.41, 5.74) is 2.19. The summed E-state index contributed by atoms with van der Waals surface area (Å²) in [5.74, 6) is -0.250. The smallest absolute Gasteiger partial charge is 0.219 e. The van der Waals surface area contributed by atoms with Gasteiger partial charge >= 0.3 is 0 Å². The Morgan fingerprint density at radius 1 is 1.19 bits per heavy atom. The molecule has 1 aromatic carbocycles. The second-order valence-electron chi connectivity index (χ2n) is 9.98. The van der Waals surface area contributed by atoms with Crippen molar-refractivity contribution in [3.63, 3.8) is 0 Å². The zero-order valence-electron chi connectivity index (χ0n) is 20.8. The van der Waals surface area contributed by atoms with Crippen molar-refractivity contribution in [2.75, 3.05) is 6.61 Å². The Morgan fingerprint density at radius 3 is 2.64 bits per heavy atom. The highest BCUT2D eigenvalue weighted by Gasteiger charge is 2.28. The lowest BCUT2D eigenvalue weighted by Crippen LogP contribution is -2.30. The van der Waals surface area contributed by atoms with E-state index in [4.69, 9.17) is 21.3 Å². The van der Waals surface area contributed by atoms with E-state index in [2.05, 4.69) is 4.98 Å². The summed E-state index contributed by atoms with van der Waals surface area (Å²) >= 11 is 6.01. The first-order valence-corrected chi connectivity index (χ1v) is 12.1. The predicted molar refractivity (Wildman–Crippen MR) is 139 cm³/mol. The summed E-state index contributed by atoms with van der Waals surface area (Å²) < 4.78 is 22.7. The Morgan fingerprint density at radius 2 is 1.97 bits per heavy atom. The van der Waals surface area contributed by atoms with Crippen LogP contribution in [-0.2, 0) is 13.0 Å². The van der Waals surface area contributed by atoms with Crippen molar-refractivity contribution in [2.24, 2.45) is 5.41 Å². The quantitative estimate of drug-likeness (QED) is 0.349. The Kier molecular flexibility index (Phi) is 7.43. The van der Waals surface area contributed by atoms with Gasteiger partial charge in [0.05, 0.1) is 23.1 Å². The van der Waals surface area contributed by atoms with Gasteiger partial charge in [-0.25, -0.2) is 4.39 Å². The van der Waals surface area contributed by atoms with Gasteiger partial charge in [0.15, 0.2) is 5.43 Å². The van der Waals surface area contributed by atoms with Crippen LogP contribution >= 0.6 is 11.6 Å². The summed E-state index contributed by atoms with van der Waals surface area (Å²) in [6.45, 7) is 7.84. The molecule has 0 saturated carbocycles. The van der Waals surface area contributed by atoms with Gasteiger partial charge in [-0.3, -0.25) is 9.78 Å². The highest BCUT2D eigenvalue weighted by Crippen LogP contribution is 2.34. The van der Waals surface area contributed by atoms with Gasteiger partial charge in [0.1, 0.15) is 18.1 Å². The van der Waals surface area contributed by atoms with E-state index < -0.39 is 5.82 Å². The molecule has 0 unspecified atom stereocenters. The van der Waals surface area contributed by atoms with Gasteiger partial charge in [-0.15, -0.1) is 0 Å². The summed E-state index contributed by atoms with van der Waals surface area (Å²) in [5, 5.41) is 10.6. The topological polar surface area (TPSA) is 77.2 Å². The number of fused-ring (bicyclic) bond motifs is 1. The number of halogens is 2. The number of nitrogens with zero attached hydrogens (tertiary/aromatic N) is 3. The Hall–Kier alpha value is -3.29. The largest absolute Gasteiger partial charge is 0.472 e. The third kappa shape index (κ3) is 5.27. The molecule has 188 valence electrons. The molecule has 0 amide bonds. The Bertz CT molecular complexity index is 1450. The summed E-state index contributed by atoms with van der Waals surface area (Å²) in [4.78, 5) is 22.1. The maximum atomic E-state index is 14.8. The van der Waals surface area contributed by atoms with Crippen LogP contribution in [0.15, 0.2) is 59.8 Å². The Balaban J connectivity index is 1.92. The number of ether oxygens (including phenoxy) is 1. The molecule has 0 spiro atoms. The number of aliphatic hydroxyl groups excluding tert-OH is 1. The summed E-state index contributed by atoms with van der Waals surface area (Å²) in [6, 6.07) is 9.88. The molecule has 36 heavy (non-hydrogen) atoms. The number of hydrogen-bond donors (Lipinski definition) is 1. The molecule has 0 aliphatic heterocycles. The van der Waals surface area contributed by atoms with E-state index in [0.717, 1.165) is 5.56 Å². The lowest BCUT2D eigenvalue weighted by molar-refractivity contribution is 0.139. The van der Waals surface area contributed by atoms with Gasteiger partial charge in [0.2, 0.25) is 5.88 Å². The van der Waals surface area contributed by atoms with E-state index in [1.807, 2.05) is 37.5 Å². The van der Waals surface area contributed by atoms with Crippen molar-refractivity contribution in [2.45, 2.75) is 46.8 Å². The maximum Gasteiger partial charge on any atom is 0.219 e. The van der Waals surface area contributed by atoms with Crippen molar-refractivity contribution in [3.8, 4) is 5.88 Å². The molecule has 0 aliphatic carbocycles. The zero-order chi connectivity index (χ0) is 26.0. The number of hydrogen-bond acceptors (Lipinski definition) is 5. The van der Waals surface area contributed by atoms with Crippen LogP contribution in [0.3, 0.4) is 0 Å². The highest BCUT2D eigenvalue weighted by atomic mass is 35.5. The van der Waals surface area contributed by atoms with Crippen molar-refractivity contribution in [1.82, 2.24) is 14.5 Å². The van der Waals surface area contributed by atoms with Gasteiger partial charge in [0.25, 0.3) is 0 Å². The van der Waals surface area contributed by atoms with Gasteiger partial charge < -0.3 is 14.4 Å². The monoisotopic (exact) mass is 509 g/mol. The molecule has 3 heterocycles. The zero-order valence-corrected chi connectivity index (χ0v) is 21.5. The normalized spacial score (nSPS) is 12.6. The minimum absolute atomic E-state index is 0.0215. The number of pyridine rings is 3. The molecule has 0 radical (unpaired) electrons. The van der Waals surface area contributed by atoms with Crippen molar-refractivity contribution >= 4 is 22.6 Å². The molecule has 0 fully saturated rings. The molecular weight excluding hydrogens is 481 g/mol. The first-order valence-electron chi connectivity index (χ1n) is 11.7. The van der Waals surface area contributed by atoms with Crippen LogP contribution < -0.4 is 10.2 Å². The third-order valence-corrected chi connectivity index (χ3v) is 6.53. The third-order valence-electron chi connectivity index (χ3n) is 6.24.